The lowest BCUT2D eigenvalue weighted by Gasteiger charge is -2.29. The van der Waals surface area contributed by atoms with E-state index >= 15 is 0 Å². The van der Waals surface area contributed by atoms with Gasteiger partial charge in [0.15, 0.2) is 6.61 Å². The van der Waals surface area contributed by atoms with E-state index < -0.39 is 6.04 Å². The second kappa shape index (κ2) is 11.6. The van der Waals surface area contributed by atoms with Crippen LogP contribution in [-0.2, 0) is 16.1 Å². The van der Waals surface area contributed by atoms with Gasteiger partial charge in [-0.25, -0.2) is 0 Å². The van der Waals surface area contributed by atoms with Crippen molar-refractivity contribution in [2.24, 2.45) is 5.92 Å². The Balaban J connectivity index is 2.22. The monoisotopic (exact) mass is 478 g/mol. The molecule has 0 saturated carbocycles. The number of hydrogen-bond donors (Lipinski definition) is 1. The second-order valence-corrected chi connectivity index (χ2v) is 9.39. The molecule has 0 radical (unpaired) electrons. The largest absolute Gasteiger partial charge is 0.483 e. The number of nitrogens with zero attached hydrogens (tertiary/aromatic N) is 1. The van der Waals surface area contributed by atoms with Crippen LogP contribution < -0.4 is 10.1 Å². The van der Waals surface area contributed by atoms with E-state index in [0.29, 0.717) is 28.3 Å². The first-order valence-electron chi connectivity index (χ1n) is 10.7. The van der Waals surface area contributed by atoms with Crippen LogP contribution in [0.15, 0.2) is 30.3 Å². The van der Waals surface area contributed by atoms with Gasteiger partial charge in [0.2, 0.25) is 5.91 Å². The predicted octanol–water partition coefficient (Wildman–Crippen LogP) is 5.49. The van der Waals surface area contributed by atoms with Crippen molar-refractivity contribution < 1.29 is 14.3 Å². The minimum absolute atomic E-state index is 0.174. The Kier molecular flexibility index (Phi) is 9.41. The van der Waals surface area contributed by atoms with Crippen LogP contribution in [0.3, 0.4) is 0 Å². The zero-order chi connectivity index (χ0) is 24.0. The van der Waals surface area contributed by atoms with E-state index in [1.54, 1.807) is 25.1 Å². The fourth-order valence-corrected chi connectivity index (χ4v) is 3.56. The van der Waals surface area contributed by atoms with Gasteiger partial charge in [0, 0.05) is 13.1 Å². The Morgan fingerprint density at radius 1 is 1.03 bits per heavy atom. The molecule has 0 saturated heterocycles. The fourth-order valence-electron chi connectivity index (χ4n) is 3.24. The zero-order valence-corrected chi connectivity index (χ0v) is 21.1. The van der Waals surface area contributed by atoms with Gasteiger partial charge in [-0.15, -0.1) is 0 Å². The molecule has 0 aliphatic heterocycles. The number of rotatable bonds is 9. The lowest BCUT2D eigenvalue weighted by molar-refractivity contribution is -0.142. The molecule has 1 atom stereocenters. The van der Waals surface area contributed by atoms with Crippen LogP contribution >= 0.6 is 23.2 Å². The first kappa shape index (κ1) is 26.0. The molecular formula is C25H32Cl2N2O3. The lowest BCUT2D eigenvalue weighted by Crippen LogP contribution is -2.49. The van der Waals surface area contributed by atoms with Crippen molar-refractivity contribution in [2.45, 2.75) is 54.1 Å². The SMILES string of the molecule is Cc1cc(C)c(C)c(OCC(=O)N(Cc2ccc(Cl)c(Cl)c2)[C@@H](C)C(=O)NCC(C)C)c1. The fraction of sp³-hybridized carbons (Fsp3) is 0.440. The number of carbonyl (C=O) groups is 2. The molecular weight excluding hydrogens is 447 g/mol. The maximum atomic E-state index is 13.2. The summed E-state index contributed by atoms with van der Waals surface area (Å²) >= 11 is 12.2. The molecule has 5 nitrogen and oxygen atoms in total. The second-order valence-electron chi connectivity index (χ2n) is 8.58. The third kappa shape index (κ3) is 7.14. The van der Waals surface area contributed by atoms with Crippen molar-refractivity contribution in [1.29, 1.82) is 0 Å². The standard InChI is InChI=1S/C25H32Cl2N2O3/c1-15(2)12-28-25(31)19(6)29(13-20-7-8-21(26)22(27)11-20)24(30)14-32-23-10-16(3)9-17(4)18(23)5/h7-11,15,19H,12-14H2,1-6H3,(H,28,31)/t19-/m0/s1. The topological polar surface area (TPSA) is 58.6 Å². The Bertz CT molecular complexity index is 976. The highest BCUT2D eigenvalue weighted by atomic mass is 35.5. The number of hydrogen-bond acceptors (Lipinski definition) is 3. The molecule has 0 spiro atoms. The normalized spacial score (nSPS) is 11.9. The highest BCUT2D eigenvalue weighted by Gasteiger charge is 2.27. The number of carbonyl (C=O) groups excluding carboxylic acids is 2. The van der Waals surface area contributed by atoms with Crippen LogP contribution in [0, 0.1) is 26.7 Å². The van der Waals surface area contributed by atoms with Gasteiger partial charge in [-0.3, -0.25) is 9.59 Å². The Hall–Kier alpha value is -2.24. The van der Waals surface area contributed by atoms with Gasteiger partial charge in [0.1, 0.15) is 11.8 Å². The Labute approximate surface area is 201 Å². The highest BCUT2D eigenvalue weighted by molar-refractivity contribution is 6.42. The van der Waals surface area contributed by atoms with Gasteiger partial charge in [0.25, 0.3) is 5.91 Å². The van der Waals surface area contributed by atoms with E-state index in [1.165, 1.54) is 4.90 Å². The van der Waals surface area contributed by atoms with E-state index in [1.807, 2.05) is 40.7 Å². The van der Waals surface area contributed by atoms with Gasteiger partial charge in [-0.1, -0.05) is 49.2 Å². The summed E-state index contributed by atoms with van der Waals surface area (Å²) in [6.45, 7) is 12.3. The maximum Gasteiger partial charge on any atom is 0.261 e. The van der Waals surface area contributed by atoms with Crippen LogP contribution in [0.4, 0.5) is 0 Å². The number of ether oxygens (including phenoxy) is 1. The summed E-state index contributed by atoms with van der Waals surface area (Å²) < 4.78 is 5.88. The summed E-state index contributed by atoms with van der Waals surface area (Å²) in [4.78, 5) is 27.4. The predicted molar refractivity (Wildman–Crippen MR) is 130 cm³/mol. The molecule has 0 aliphatic rings. The molecule has 7 heteroatoms. The van der Waals surface area contributed by atoms with Crippen LogP contribution in [0.25, 0.3) is 0 Å². The third-order valence-electron chi connectivity index (χ3n) is 5.30. The number of amides is 2. The lowest BCUT2D eigenvalue weighted by atomic mass is 10.1. The van der Waals surface area contributed by atoms with Gasteiger partial charge in [-0.2, -0.15) is 0 Å². The van der Waals surface area contributed by atoms with Crippen molar-refractivity contribution in [1.82, 2.24) is 10.2 Å². The van der Waals surface area contributed by atoms with Crippen LogP contribution in [-0.4, -0.2) is 35.9 Å². The minimum atomic E-state index is -0.681. The van der Waals surface area contributed by atoms with Gasteiger partial charge in [-0.05, 0) is 74.1 Å². The van der Waals surface area contributed by atoms with E-state index in [9.17, 15) is 9.59 Å². The molecule has 2 aromatic rings. The van der Waals surface area contributed by atoms with Crippen molar-refractivity contribution in [3.8, 4) is 5.75 Å². The number of aryl methyl sites for hydroxylation is 2. The molecule has 0 unspecified atom stereocenters. The van der Waals surface area contributed by atoms with Crippen molar-refractivity contribution in [3.63, 3.8) is 0 Å². The summed E-state index contributed by atoms with van der Waals surface area (Å²) in [6, 6.07) is 8.49. The number of halogens is 2. The van der Waals surface area contributed by atoms with E-state index in [4.69, 9.17) is 27.9 Å². The first-order chi connectivity index (χ1) is 15.0. The van der Waals surface area contributed by atoms with Crippen molar-refractivity contribution in [3.05, 3.63) is 62.6 Å². The summed E-state index contributed by atoms with van der Waals surface area (Å²) in [5, 5.41) is 3.73. The third-order valence-corrected chi connectivity index (χ3v) is 6.04. The zero-order valence-electron chi connectivity index (χ0n) is 19.6. The van der Waals surface area contributed by atoms with E-state index in [-0.39, 0.29) is 25.0 Å². The van der Waals surface area contributed by atoms with Crippen LogP contribution in [0.1, 0.15) is 43.0 Å². The van der Waals surface area contributed by atoms with Gasteiger partial charge < -0.3 is 15.0 Å². The molecule has 0 fully saturated rings. The smallest absolute Gasteiger partial charge is 0.261 e. The molecule has 0 heterocycles. The molecule has 2 rings (SSSR count). The summed E-state index contributed by atoms with van der Waals surface area (Å²) in [5.41, 5.74) is 3.92. The average Bonchev–Trinajstić information content (AvgIpc) is 2.73. The number of benzene rings is 2. The molecule has 0 aromatic heterocycles. The minimum Gasteiger partial charge on any atom is -0.483 e. The van der Waals surface area contributed by atoms with Gasteiger partial charge in [0.05, 0.1) is 10.0 Å². The van der Waals surface area contributed by atoms with E-state index in [2.05, 4.69) is 11.4 Å². The molecule has 32 heavy (non-hydrogen) atoms. The Morgan fingerprint density at radius 3 is 2.34 bits per heavy atom. The number of nitrogens with one attached hydrogen (secondary N) is 1. The molecule has 2 amide bonds. The van der Waals surface area contributed by atoms with Crippen molar-refractivity contribution in [2.75, 3.05) is 13.2 Å². The van der Waals surface area contributed by atoms with Crippen LogP contribution in [0.2, 0.25) is 10.0 Å². The summed E-state index contributed by atoms with van der Waals surface area (Å²) in [6.07, 6.45) is 0. The average molecular weight is 479 g/mol. The molecule has 0 aliphatic carbocycles. The quantitative estimate of drug-likeness (QED) is 0.518. The van der Waals surface area contributed by atoms with Crippen LogP contribution in [0.5, 0.6) is 5.75 Å². The first-order valence-corrected chi connectivity index (χ1v) is 11.5. The molecule has 1 N–H and O–H groups in total. The molecule has 0 bridgehead atoms. The Morgan fingerprint density at radius 2 is 1.72 bits per heavy atom. The molecule has 2 aromatic carbocycles. The van der Waals surface area contributed by atoms with Crippen molar-refractivity contribution >= 4 is 35.0 Å². The van der Waals surface area contributed by atoms with Gasteiger partial charge >= 0.3 is 0 Å². The summed E-state index contributed by atoms with van der Waals surface area (Å²) in [7, 11) is 0. The highest BCUT2D eigenvalue weighted by Crippen LogP contribution is 2.25. The maximum absolute atomic E-state index is 13.2. The molecule has 174 valence electrons. The van der Waals surface area contributed by atoms with E-state index in [0.717, 1.165) is 22.3 Å². The summed E-state index contributed by atoms with van der Waals surface area (Å²) in [5.74, 6) is 0.472.